The first-order valence-electron chi connectivity index (χ1n) is 2.06. The van der Waals surface area contributed by atoms with E-state index in [0.29, 0.717) is 0 Å². The number of hydrogen-bond donors (Lipinski definition) is 0. The van der Waals surface area contributed by atoms with Gasteiger partial charge in [0.1, 0.15) is 11.0 Å². The lowest BCUT2D eigenvalue weighted by Crippen LogP contribution is -1.74. The van der Waals surface area contributed by atoms with Crippen LogP contribution in [0.3, 0.4) is 0 Å². The molecular formula is C5H4Cl2FN. The second kappa shape index (κ2) is 3.64. The smallest absolute Gasteiger partial charge is 0.131 e. The van der Waals surface area contributed by atoms with Crippen molar-refractivity contribution < 1.29 is 4.39 Å². The third kappa shape index (κ3) is 2.63. The first-order valence-corrected chi connectivity index (χ1v) is 2.44. The van der Waals surface area contributed by atoms with Gasteiger partial charge in [-0.25, -0.2) is 9.37 Å². The number of hydrogen-bond acceptors (Lipinski definition) is 1. The zero-order valence-electron chi connectivity index (χ0n) is 4.34. The van der Waals surface area contributed by atoms with Gasteiger partial charge in [-0.1, -0.05) is 11.6 Å². The average molecular weight is 168 g/mol. The van der Waals surface area contributed by atoms with Crippen molar-refractivity contribution in [3.05, 3.63) is 29.3 Å². The molecule has 0 amide bonds. The van der Waals surface area contributed by atoms with Crippen LogP contribution in [0.15, 0.2) is 18.3 Å². The highest BCUT2D eigenvalue weighted by Gasteiger charge is 1.88. The molecule has 1 aromatic rings. The molecule has 0 radical (unpaired) electrons. The Morgan fingerprint density at radius 2 is 2.22 bits per heavy atom. The molecule has 1 aromatic heterocycles. The quantitative estimate of drug-likeness (QED) is 0.541. The maximum atomic E-state index is 12.0. The maximum Gasteiger partial charge on any atom is 0.131 e. The van der Waals surface area contributed by atoms with Crippen molar-refractivity contribution in [1.29, 1.82) is 0 Å². The number of aromatic nitrogens is 1. The standard InChI is InChI=1S/C5H3ClFN.ClH/c6-5-3-4(7)1-2-8-5;/h1-3H;1H. The number of rotatable bonds is 0. The van der Waals surface area contributed by atoms with E-state index in [0.717, 1.165) is 6.07 Å². The van der Waals surface area contributed by atoms with Crippen LogP contribution in [0, 0.1) is 5.82 Å². The highest BCUT2D eigenvalue weighted by Crippen LogP contribution is 2.03. The number of halogens is 3. The minimum absolute atomic E-state index is 0. The third-order valence-corrected chi connectivity index (χ3v) is 0.895. The van der Waals surface area contributed by atoms with E-state index < -0.39 is 0 Å². The van der Waals surface area contributed by atoms with E-state index in [1.165, 1.54) is 12.3 Å². The topological polar surface area (TPSA) is 12.9 Å². The van der Waals surface area contributed by atoms with E-state index in [9.17, 15) is 4.39 Å². The Balaban J connectivity index is 0.000000640. The largest absolute Gasteiger partial charge is 0.244 e. The fraction of sp³-hybridized carbons (Fsp3) is 0. The Morgan fingerprint density at radius 1 is 1.56 bits per heavy atom. The van der Waals surface area contributed by atoms with Crippen LogP contribution in [0.5, 0.6) is 0 Å². The summed E-state index contributed by atoms with van der Waals surface area (Å²) in [7, 11) is 0. The van der Waals surface area contributed by atoms with Crippen molar-refractivity contribution in [3.8, 4) is 0 Å². The summed E-state index contributed by atoms with van der Waals surface area (Å²) in [6.07, 6.45) is 1.32. The highest BCUT2D eigenvalue weighted by atomic mass is 35.5. The SMILES string of the molecule is Cl.Fc1ccnc(Cl)c1. The fourth-order valence-electron chi connectivity index (χ4n) is 0.379. The van der Waals surface area contributed by atoms with Crippen LogP contribution < -0.4 is 0 Å². The van der Waals surface area contributed by atoms with Gasteiger partial charge in [0.2, 0.25) is 0 Å². The molecule has 0 aromatic carbocycles. The Kier molecular flexibility index (Phi) is 3.50. The second-order valence-electron chi connectivity index (χ2n) is 1.30. The number of pyridine rings is 1. The zero-order valence-corrected chi connectivity index (χ0v) is 5.92. The van der Waals surface area contributed by atoms with Gasteiger partial charge in [0, 0.05) is 12.3 Å². The Labute approximate surface area is 63.3 Å². The van der Waals surface area contributed by atoms with Crippen LogP contribution in [-0.4, -0.2) is 4.98 Å². The Bertz CT molecular complexity index is 175. The van der Waals surface area contributed by atoms with Crippen molar-refractivity contribution in [2.75, 3.05) is 0 Å². The third-order valence-electron chi connectivity index (χ3n) is 0.689. The van der Waals surface area contributed by atoms with Crippen LogP contribution in [0.1, 0.15) is 0 Å². The fourth-order valence-corrected chi connectivity index (χ4v) is 0.539. The summed E-state index contributed by atoms with van der Waals surface area (Å²) in [6, 6.07) is 2.40. The highest BCUT2D eigenvalue weighted by molar-refractivity contribution is 6.29. The van der Waals surface area contributed by atoms with Crippen LogP contribution in [0.2, 0.25) is 5.15 Å². The summed E-state index contributed by atoms with van der Waals surface area (Å²) in [5, 5.41) is 0.185. The van der Waals surface area contributed by atoms with E-state index >= 15 is 0 Å². The normalized spacial score (nSPS) is 8.22. The molecule has 1 rings (SSSR count). The van der Waals surface area contributed by atoms with E-state index in [4.69, 9.17) is 11.6 Å². The molecule has 0 N–H and O–H groups in total. The second-order valence-corrected chi connectivity index (χ2v) is 1.68. The van der Waals surface area contributed by atoms with E-state index in [1.54, 1.807) is 0 Å². The molecule has 0 atom stereocenters. The van der Waals surface area contributed by atoms with E-state index in [1.807, 2.05) is 0 Å². The summed E-state index contributed by atoms with van der Waals surface area (Å²) in [4.78, 5) is 3.57. The minimum atomic E-state index is -0.356. The zero-order chi connectivity index (χ0) is 5.98. The number of nitrogens with zero attached hydrogens (tertiary/aromatic N) is 1. The van der Waals surface area contributed by atoms with Crippen molar-refractivity contribution in [2.24, 2.45) is 0 Å². The van der Waals surface area contributed by atoms with Crippen molar-refractivity contribution in [2.45, 2.75) is 0 Å². The molecule has 1 heterocycles. The average Bonchev–Trinajstić information content (AvgIpc) is 1.64. The van der Waals surface area contributed by atoms with Gasteiger partial charge in [-0.15, -0.1) is 12.4 Å². The first-order chi connectivity index (χ1) is 3.79. The van der Waals surface area contributed by atoms with E-state index in [-0.39, 0.29) is 23.4 Å². The molecule has 0 unspecified atom stereocenters. The summed E-state index contributed by atoms with van der Waals surface area (Å²) < 4.78 is 12.0. The van der Waals surface area contributed by atoms with E-state index in [2.05, 4.69) is 4.98 Å². The molecule has 9 heavy (non-hydrogen) atoms. The Hall–Kier alpha value is -0.340. The lowest BCUT2D eigenvalue weighted by Gasteiger charge is -1.84. The summed E-state index contributed by atoms with van der Waals surface area (Å²) in [6.45, 7) is 0. The molecule has 0 saturated heterocycles. The van der Waals surface area contributed by atoms with Gasteiger partial charge < -0.3 is 0 Å². The summed E-state index contributed by atoms with van der Waals surface area (Å²) >= 11 is 5.29. The van der Waals surface area contributed by atoms with Crippen LogP contribution in [0.4, 0.5) is 4.39 Å². The van der Waals surface area contributed by atoms with Gasteiger partial charge in [0.25, 0.3) is 0 Å². The van der Waals surface area contributed by atoms with Gasteiger partial charge in [0.05, 0.1) is 0 Å². The molecule has 0 bridgehead atoms. The van der Waals surface area contributed by atoms with Crippen LogP contribution >= 0.6 is 24.0 Å². The molecule has 0 saturated carbocycles. The predicted octanol–water partition coefficient (Wildman–Crippen LogP) is 2.30. The predicted molar refractivity (Wildman–Crippen MR) is 36.5 cm³/mol. The van der Waals surface area contributed by atoms with Crippen molar-refractivity contribution >= 4 is 24.0 Å². The van der Waals surface area contributed by atoms with Gasteiger partial charge in [-0.2, -0.15) is 0 Å². The molecule has 50 valence electrons. The molecule has 0 aliphatic carbocycles. The molecule has 4 heteroatoms. The summed E-state index contributed by atoms with van der Waals surface area (Å²) in [5.74, 6) is -0.356. The Morgan fingerprint density at radius 3 is 2.56 bits per heavy atom. The van der Waals surface area contributed by atoms with Crippen molar-refractivity contribution in [3.63, 3.8) is 0 Å². The molecule has 0 aliphatic rings. The first kappa shape index (κ1) is 8.66. The van der Waals surface area contributed by atoms with Gasteiger partial charge in [-0.05, 0) is 6.07 Å². The lowest BCUT2D eigenvalue weighted by molar-refractivity contribution is 0.625. The van der Waals surface area contributed by atoms with Crippen LogP contribution in [0.25, 0.3) is 0 Å². The lowest BCUT2D eigenvalue weighted by atomic mass is 10.5. The monoisotopic (exact) mass is 167 g/mol. The minimum Gasteiger partial charge on any atom is -0.244 e. The molecule has 1 nitrogen and oxygen atoms in total. The van der Waals surface area contributed by atoms with Gasteiger partial charge in [-0.3, -0.25) is 0 Å². The molecule has 0 fully saturated rings. The van der Waals surface area contributed by atoms with Crippen LogP contribution in [-0.2, 0) is 0 Å². The molecule has 0 spiro atoms. The molecular weight excluding hydrogens is 164 g/mol. The maximum absolute atomic E-state index is 12.0. The van der Waals surface area contributed by atoms with Gasteiger partial charge in [0.15, 0.2) is 0 Å². The summed E-state index contributed by atoms with van der Waals surface area (Å²) in [5.41, 5.74) is 0. The molecule has 0 aliphatic heterocycles. The van der Waals surface area contributed by atoms with Crippen molar-refractivity contribution in [1.82, 2.24) is 4.98 Å². The van der Waals surface area contributed by atoms with Gasteiger partial charge >= 0.3 is 0 Å².